The molecule has 3 nitrogen and oxygen atoms in total. The molecule has 0 spiro atoms. The Morgan fingerprint density at radius 1 is 1.33 bits per heavy atom. The quantitative estimate of drug-likeness (QED) is 0.443. The lowest BCUT2D eigenvalue weighted by Gasteiger charge is -2.05. The zero-order chi connectivity index (χ0) is 13.5. The minimum absolute atomic E-state index is 0.113. The van der Waals surface area contributed by atoms with E-state index in [0.29, 0.717) is 0 Å². The number of hydrogen-bond donors (Lipinski definition) is 0. The minimum Gasteiger partial charge on any atom is -0.287 e. The first-order chi connectivity index (χ1) is 8.57. The second-order valence-corrected chi connectivity index (χ2v) is 3.69. The molecule has 18 heavy (non-hydrogen) atoms. The van der Waals surface area contributed by atoms with Crippen LogP contribution in [0.3, 0.4) is 0 Å². The number of unbranched alkanes of at least 4 members (excludes halogenated alkanes) is 1. The molecule has 0 aromatic heterocycles. The highest BCUT2D eigenvalue weighted by atomic mass is 19.1. The van der Waals surface area contributed by atoms with Crippen LogP contribution in [0.15, 0.2) is 24.3 Å². The molecule has 0 fully saturated rings. The summed E-state index contributed by atoms with van der Waals surface area (Å²) >= 11 is 0. The predicted molar refractivity (Wildman–Crippen MR) is 60.1 cm³/mol. The molecule has 94 valence electrons. The van der Waals surface area contributed by atoms with Crippen LogP contribution in [-0.2, 0) is 4.79 Å². The molecule has 1 atom stereocenters. The van der Waals surface area contributed by atoms with Crippen LogP contribution >= 0.6 is 0 Å². The number of rotatable bonds is 6. The fraction of sp³-hybridized carbons (Fsp3) is 0.308. The Labute approximate surface area is 103 Å². The van der Waals surface area contributed by atoms with Crippen LogP contribution in [0.5, 0.6) is 0 Å². The van der Waals surface area contributed by atoms with E-state index in [9.17, 15) is 18.4 Å². The van der Waals surface area contributed by atoms with E-state index in [-0.39, 0.29) is 19.3 Å². The van der Waals surface area contributed by atoms with Crippen molar-refractivity contribution < 1.29 is 18.4 Å². The van der Waals surface area contributed by atoms with Gasteiger partial charge in [-0.3, -0.25) is 9.59 Å². The van der Waals surface area contributed by atoms with Crippen molar-refractivity contribution in [3.05, 3.63) is 35.6 Å². The highest BCUT2D eigenvalue weighted by molar-refractivity contribution is 6.45. The number of nitriles is 1. The molecule has 1 aromatic rings. The molecule has 0 N–H and O–H groups in total. The van der Waals surface area contributed by atoms with Gasteiger partial charge in [0.2, 0.25) is 11.6 Å². The highest BCUT2D eigenvalue weighted by Gasteiger charge is 2.27. The summed E-state index contributed by atoms with van der Waals surface area (Å²) in [5.41, 5.74) is -0.426. The van der Waals surface area contributed by atoms with Crippen molar-refractivity contribution in [1.82, 2.24) is 0 Å². The van der Waals surface area contributed by atoms with Crippen LogP contribution in [0.1, 0.15) is 29.6 Å². The van der Waals surface area contributed by atoms with Crippen LogP contribution in [0.4, 0.5) is 8.78 Å². The molecular weight excluding hydrogens is 240 g/mol. The van der Waals surface area contributed by atoms with Gasteiger partial charge in [-0.15, -0.1) is 0 Å². The van der Waals surface area contributed by atoms with E-state index in [2.05, 4.69) is 0 Å². The third kappa shape index (κ3) is 3.45. The first-order valence-electron chi connectivity index (χ1n) is 5.42. The van der Waals surface area contributed by atoms with Gasteiger partial charge in [0.1, 0.15) is 5.82 Å². The first-order valence-corrected chi connectivity index (χ1v) is 5.42. The number of Topliss-reactive ketones (excluding diaryl/α,β-unsaturated/α-hetero) is 2. The van der Waals surface area contributed by atoms with Crippen molar-refractivity contribution in [1.29, 1.82) is 5.26 Å². The van der Waals surface area contributed by atoms with Gasteiger partial charge in [0.25, 0.3) is 0 Å². The number of hydrogen-bond acceptors (Lipinski definition) is 3. The van der Waals surface area contributed by atoms with E-state index in [1.165, 1.54) is 12.1 Å². The SMILES string of the molecule is N#CCCCC(F)C(=O)C(=O)c1ccccc1F. The summed E-state index contributed by atoms with van der Waals surface area (Å²) in [6, 6.07) is 6.74. The third-order valence-corrected chi connectivity index (χ3v) is 2.37. The van der Waals surface area contributed by atoms with Crippen molar-refractivity contribution in [2.75, 3.05) is 0 Å². The number of carbonyl (C=O) groups excluding carboxylic acids is 2. The highest BCUT2D eigenvalue weighted by Crippen LogP contribution is 2.12. The minimum atomic E-state index is -1.98. The maximum atomic E-state index is 13.4. The van der Waals surface area contributed by atoms with Crippen molar-refractivity contribution >= 4 is 11.6 Å². The third-order valence-electron chi connectivity index (χ3n) is 2.37. The summed E-state index contributed by atoms with van der Waals surface area (Å²) in [6.45, 7) is 0. The van der Waals surface area contributed by atoms with Crippen LogP contribution < -0.4 is 0 Å². The molecule has 0 aliphatic carbocycles. The lowest BCUT2D eigenvalue weighted by Crippen LogP contribution is -2.26. The fourth-order valence-corrected chi connectivity index (χ4v) is 1.41. The van der Waals surface area contributed by atoms with Gasteiger partial charge in [-0.05, 0) is 25.0 Å². The zero-order valence-corrected chi connectivity index (χ0v) is 9.53. The standard InChI is InChI=1S/C13H11F2NO2/c14-10-6-2-1-5-9(10)12(17)13(18)11(15)7-3-4-8-16/h1-2,5-6,11H,3-4,7H2. The molecular formula is C13H11F2NO2. The molecule has 1 aromatic carbocycles. The van der Waals surface area contributed by atoms with Gasteiger partial charge in [0.05, 0.1) is 11.6 Å². The normalized spacial score (nSPS) is 11.6. The Morgan fingerprint density at radius 2 is 2.00 bits per heavy atom. The van der Waals surface area contributed by atoms with E-state index >= 15 is 0 Å². The van der Waals surface area contributed by atoms with Gasteiger partial charge in [0, 0.05) is 6.42 Å². The van der Waals surface area contributed by atoms with Crippen LogP contribution in [-0.4, -0.2) is 17.7 Å². The summed E-state index contributed by atoms with van der Waals surface area (Å²) in [5, 5.41) is 8.27. The number of ketones is 2. The molecule has 1 unspecified atom stereocenters. The molecule has 0 amide bonds. The van der Waals surface area contributed by atoms with Crippen molar-refractivity contribution in [2.45, 2.75) is 25.4 Å². The van der Waals surface area contributed by atoms with E-state index in [1.54, 1.807) is 0 Å². The summed E-state index contributed by atoms with van der Waals surface area (Å²) < 4.78 is 26.6. The van der Waals surface area contributed by atoms with Gasteiger partial charge >= 0.3 is 0 Å². The van der Waals surface area contributed by atoms with Crippen LogP contribution in [0.25, 0.3) is 0 Å². The van der Waals surface area contributed by atoms with Gasteiger partial charge in [-0.2, -0.15) is 5.26 Å². The Balaban J connectivity index is 2.70. The topological polar surface area (TPSA) is 57.9 Å². The predicted octanol–water partition coefficient (Wildman–Crippen LogP) is 2.61. The van der Waals surface area contributed by atoms with Crippen LogP contribution in [0.2, 0.25) is 0 Å². The average molecular weight is 251 g/mol. The molecule has 0 aliphatic heterocycles. The molecule has 0 saturated heterocycles. The summed E-state index contributed by atoms with van der Waals surface area (Å²) in [4.78, 5) is 23.0. The molecule has 0 radical (unpaired) electrons. The Bertz CT molecular complexity index is 494. The molecule has 0 aliphatic rings. The Hall–Kier alpha value is -2.09. The second kappa shape index (κ2) is 6.60. The summed E-state index contributed by atoms with van der Waals surface area (Å²) in [5.74, 6) is -3.28. The van der Waals surface area contributed by atoms with Crippen molar-refractivity contribution in [3.8, 4) is 6.07 Å². The number of alkyl halides is 1. The number of carbonyl (C=O) groups is 2. The van der Waals surface area contributed by atoms with Crippen LogP contribution in [0, 0.1) is 17.1 Å². The molecule has 1 rings (SSSR count). The van der Waals surface area contributed by atoms with Gasteiger partial charge in [-0.1, -0.05) is 12.1 Å². The molecule has 0 saturated carbocycles. The Kier molecular flexibility index (Phi) is 5.12. The largest absolute Gasteiger partial charge is 0.287 e. The van der Waals surface area contributed by atoms with Crippen molar-refractivity contribution in [2.24, 2.45) is 0 Å². The first kappa shape index (κ1) is 14.0. The van der Waals surface area contributed by atoms with Gasteiger partial charge in [0.15, 0.2) is 6.17 Å². The van der Waals surface area contributed by atoms with Crippen molar-refractivity contribution in [3.63, 3.8) is 0 Å². The van der Waals surface area contributed by atoms with Gasteiger partial charge in [-0.25, -0.2) is 8.78 Å². The lowest BCUT2D eigenvalue weighted by molar-refractivity contribution is -0.119. The second-order valence-electron chi connectivity index (χ2n) is 3.69. The maximum Gasteiger partial charge on any atom is 0.237 e. The monoisotopic (exact) mass is 251 g/mol. The molecule has 0 heterocycles. The zero-order valence-electron chi connectivity index (χ0n) is 9.53. The Morgan fingerprint density at radius 3 is 2.61 bits per heavy atom. The van der Waals surface area contributed by atoms with E-state index < -0.39 is 29.1 Å². The molecule has 0 bridgehead atoms. The van der Waals surface area contributed by atoms with E-state index in [0.717, 1.165) is 12.1 Å². The smallest absolute Gasteiger partial charge is 0.237 e. The lowest BCUT2D eigenvalue weighted by atomic mass is 10.0. The fourth-order valence-electron chi connectivity index (χ4n) is 1.41. The maximum absolute atomic E-state index is 13.4. The average Bonchev–Trinajstić information content (AvgIpc) is 2.38. The number of benzene rings is 1. The molecule has 5 heteroatoms. The van der Waals surface area contributed by atoms with Gasteiger partial charge < -0.3 is 0 Å². The number of halogens is 2. The summed E-state index contributed by atoms with van der Waals surface area (Å²) in [7, 11) is 0. The van der Waals surface area contributed by atoms with E-state index in [4.69, 9.17) is 5.26 Å². The summed E-state index contributed by atoms with van der Waals surface area (Å²) in [6.07, 6.45) is -1.88. The van der Waals surface area contributed by atoms with E-state index in [1.807, 2.05) is 6.07 Å². The number of nitrogens with zero attached hydrogens (tertiary/aromatic N) is 1.